The van der Waals surface area contributed by atoms with Gasteiger partial charge in [0.05, 0.1) is 18.0 Å². The van der Waals surface area contributed by atoms with E-state index in [2.05, 4.69) is 138 Å². The molecule has 7 rings (SSSR count). The maximum atomic E-state index is 4.94. The molecule has 0 aliphatic carbocycles. The number of hydrogen-bond donors (Lipinski definition) is 3. The van der Waals surface area contributed by atoms with E-state index in [9.17, 15) is 0 Å². The zero-order valence-corrected chi connectivity index (χ0v) is 27.8. The molecule has 2 aliphatic rings. The van der Waals surface area contributed by atoms with Crippen molar-refractivity contribution in [2.24, 2.45) is 10.2 Å². The van der Waals surface area contributed by atoms with Crippen LogP contribution in [0.4, 0.5) is 11.4 Å². The molecule has 2 heterocycles. The van der Waals surface area contributed by atoms with Gasteiger partial charge in [0.1, 0.15) is 0 Å². The van der Waals surface area contributed by atoms with E-state index in [1.54, 1.807) is 0 Å². The maximum Gasteiger partial charge on any atom is 0.269 e. The molecule has 0 bridgehead atoms. The van der Waals surface area contributed by atoms with Crippen LogP contribution in [0.15, 0.2) is 162 Å². The number of nitrogens with one attached hydrogen (secondary N) is 3. The Kier molecular flexibility index (Phi) is 9.67. The minimum Gasteiger partial charge on any atom is -0.277 e. The van der Waals surface area contributed by atoms with Gasteiger partial charge in [-0.15, -0.1) is 5.10 Å². The molecule has 2 unspecified atom stereocenters. The molecule has 0 amide bonds. The first-order valence-electron chi connectivity index (χ1n) is 16.1. The van der Waals surface area contributed by atoms with Gasteiger partial charge in [-0.05, 0) is 59.4 Å². The largest absolute Gasteiger partial charge is 0.277 e. The number of anilines is 1. The number of hydrazone groups is 1. The van der Waals surface area contributed by atoms with Crippen molar-refractivity contribution < 1.29 is 4.70 Å². The lowest BCUT2D eigenvalue weighted by Crippen LogP contribution is -2.45. The second-order valence-electron chi connectivity index (χ2n) is 11.7. The van der Waals surface area contributed by atoms with Crippen LogP contribution in [0.1, 0.15) is 54.0 Å². The molecule has 0 saturated carbocycles. The van der Waals surface area contributed by atoms with E-state index >= 15 is 0 Å². The van der Waals surface area contributed by atoms with Gasteiger partial charge < -0.3 is 0 Å². The highest BCUT2D eigenvalue weighted by atomic mass is 32.2. The molecule has 48 heavy (non-hydrogen) atoms. The van der Waals surface area contributed by atoms with E-state index < -0.39 is 0 Å². The molecule has 7 nitrogen and oxygen atoms in total. The lowest BCUT2D eigenvalue weighted by Gasteiger charge is -2.32. The predicted molar refractivity (Wildman–Crippen MR) is 198 cm³/mol. The van der Waals surface area contributed by atoms with Crippen LogP contribution < -0.4 is 19.8 Å². The normalized spacial score (nSPS) is 18.7. The van der Waals surface area contributed by atoms with Gasteiger partial charge in [0.25, 0.3) is 6.67 Å². The van der Waals surface area contributed by atoms with E-state index in [-0.39, 0.29) is 12.3 Å². The van der Waals surface area contributed by atoms with Crippen molar-refractivity contribution in [3.8, 4) is 0 Å². The molecule has 8 heteroatoms. The van der Waals surface area contributed by atoms with Crippen molar-refractivity contribution in [1.82, 2.24) is 14.8 Å². The monoisotopic (exact) mass is 648 g/mol. The fraction of sp³-hybridized carbons (Fsp3) is 0.125. The van der Waals surface area contributed by atoms with Gasteiger partial charge in [-0.25, -0.2) is 14.5 Å². The van der Waals surface area contributed by atoms with Gasteiger partial charge in [0.2, 0.25) is 11.5 Å². The van der Waals surface area contributed by atoms with Gasteiger partial charge in [-0.1, -0.05) is 132 Å². The van der Waals surface area contributed by atoms with Gasteiger partial charge in [0, 0.05) is 34.9 Å². The summed E-state index contributed by atoms with van der Waals surface area (Å²) in [6.07, 6.45) is 4.51. The summed E-state index contributed by atoms with van der Waals surface area (Å²) in [6, 6.07) is 48.2. The number of azo groups is 2. The van der Waals surface area contributed by atoms with Gasteiger partial charge in [-0.3, -0.25) is 5.32 Å². The Labute approximate surface area is 286 Å². The second-order valence-corrected chi connectivity index (χ2v) is 12.4. The molecule has 2 aliphatic heterocycles. The van der Waals surface area contributed by atoms with Crippen LogP contribution >= 0.6 is 12.1 Å². The number of rotatable bonds is 8. The molecule has 0 spiro atoms. The first-order valence-corrected chi connectivity index (χ1v) is 17.0. The SMILES string of the molecule is C/C=C(/C=C(/C)c1ccc(C2NSNC(c3ccccc3)N2)cc1)c1ccc(C2=NN(c3ccccc3)C[N+](c3ccccc3)=N2)cc1. The molecule has 3 N–H and O–H groups in total. The summed E-state index contributed by atoms with van der Waals surface area (Å²) in [5, 5.41) is 15.5. The van der Waals surface area contributed by atoms with Crippen molar-refractivity contribution >= 4 is 40.5 Å². The van der Waals surface area contributed by atoms with Crippen molar-refractivity contribution in [3.05, 3.63) is 179 Å². The molecule has 5 aromatic carbocycles. The quantitative estimate of drug-likeness (QED) is 0.0890. The number of allylic oxidation sites excluding steroid dienone is 4. The summed E-state index contributed by atoms with van der Waals surface area (Å²) >= 11 is 1.53. The summed E-state index contributed by atoms with van der Waals surface area (Å²) in [5.41, 5.74) is 10.1. The van der Waals surface area contributed by atoms with Crippen LogP contribution in [-0.4, -0.2) is 17.2 Å². The van der Waals surface area contributed by atoms with E-state index in [0.717, 1.165) is 28.1 Å². The third kappa shape index (κ3) is 7.22. The molecule has 5 aromatic rings. The first-order chi connectivity index (χ1) is 23.6. The Morgan fingerprint density at radius 1 is 0.729 bits per heavy atom. The van der Waals surface area contributed by atoms with E-state index in [0.29, 0.717) is 12.5 Å². The zero-order valence-electron chi connectivity index (χ0n) is 27.0. The van der Waals surface area contributed by atoms with Crippen molar-refractivity contribution in [3.63, 3.8) is 0 Å². The molecule has 1 fully saturated rings. The van der Waals surface area contributed by atoms with Crippen LogP contribution in [0.5, 0.6) is 0 Å². The third-order valence-corrected chi connectivity index (χ3v) is 9.19. The lowest BCUT2D eigenvalue weighted by molar-refractivity contribution is -0.508. The smallest absolute Gasteiger partial charge is 0.269 e. The number of hydrogen-bond acceptors (Lipinski definition) is 7. The minimum atomic E-state index is 0.0319. The molecule has 0 radical (unpaired) electrons. The first kappa shape index (κ1) is 31.5. The summed E-state index contributed by atoms with van der Waals surface area (Å²) in [4.78, 5) is 0. The summed E-state index contributed by atoms with van der Waals surface area (Å²) in [7, 11) is 0. The van der Waals surface area contributed by atoms with Gasteiger partial charge >= 0.3 is 0 Å². The highest BCUT2D eigenvalue weighted by molar-refractivity contribution is 7.95. The topological polar surface area (TPSA) is 67.1 Å². The number of amidine groups is 1. The fourth-order valence-corrected chi connectivity index (χ4v) is 6.51. The predicted octanol–water partition coefficient (Wildman–Crippen LogP) is 9.17. The zero-order chi connectivity index (χ0) is 32.7. The Bertz CT molecular complexity index is 1950. The van der Waals surface area contributed by atoms with Crippen molar-refractivity contribution in [2.75, 3.05) is 11.7 Å². The highest BCUT2D eigenvalue weighted by Gasteiger charge is 2.26. The standard InChI is InChI=1S/C40H38N7S/c1-3-30(27-29(2)31-19-23-34(24-20-31)39-41-38(44-48-45-39)33-13-7-4-8-14-33)32-21-25-35(26-22-32)40-42-46(36-15-9-5-10-16-36)28-47(43-40)37-17-11-6-12-18-37/h3-27,38-39,41,44-45H,28H2,1-2H3/q+1/b29-27-,30-3-. The Morgan fingerprint density at radius 3 is 1.96 bits per heavy atom. The molecule has 238 valence electrons. The number of para-hydroxylation sites is 2. The Hall–Kier alpha value is -5.12. The average Bonchev–Trinajstić information content (AvgIpc) is 3.18. The van der Waals surface area contributed by atoms with Crippen molar-refractivity contribution in [2.45, 2.75) is 26.2 Å². The molecule has 1 saturated heterocycles. The van der Waals surface area contributed by atoms with Gasteiger partial charge in [-0.2, -0.15) is 0 Å². The average molecular weight is 649 g/mol. The van der Waals surface area contributed by atoms with Gasteiger partial charge in [0.15, 0.2) is 0 Å². The van der Waals surface area contributed by atoms with Crippen LogP contribution in [-0.2, 0) is 0 Å². The van der Waals surface area contributed by atoms with Crippen LogP contribution in [0.25, 0.3) is 11.1 Å². The van der Waals surface area contributed by atoms with E-state index in [1.807, 2.05) is 52.2 Å². The summed E-state index contributed by atoms with van der Waals surface area (Å²) < 4.78 is 8.85. The van der Waals surface area contributed by atoms with E-state index in [4.69, 9.17) is 10.2 Å². The fourth-order valence-electron chi connectivity index (χ4n) is 5.79. The minimum absolute atomic E-state index is 0.0319. The maximum absolute atomic E-state index is 4.94. The highest BCUT2D eigenvalue weighted by Crippen LogP contribution is 2.28. The number of nitrogens with zero attached hydrogens (tertiary/aromatic N) is 4. The molecule has 0 aromatic heterocycles. The lowest BCUT2D eigenvalue weighted by atomic mass is 9.98. The Morgan fingerprint density at radius 2 is 1.31 bits per heavy atom. The molecular weight excluding hydrogens is 611 g/mol. The Balaban J connectivity index is 1.08. The van der Waals surface area contributed by atoms with Crippen LogP contribution in [0.2, 0.25) is 0 Å². The van der Waals surface area contributed by atoms with Crippen LogP contribution in [0.3, 0.4) is 0 Å². The summed E-state index contributed by atoms with van der Waals surface area (Å²) in [5.74, 6) is 0.667. The third-order valence-electron chi connectivity index (χ3n) is 8.49. The number of benzene rings is 5. The van der Waals surface area contributed by atoms with E-state index in [1.165, 1.54) is 34.4 Å². The molecule has 2 atom stereocenters. The molecular formula is C40H38N7S+. The second kappa shape index (κ2) is 14.8. The summed E-state index contributed by atoms with van der Waals surface area (Å²) in [6.45, 7) is 4.78. The van der Waals surface area contributed by atoms with Crippen LogP contribution in [0, 0.1) is 0 Å². The van der Waals surface area contributed by atoms with Crippen molar-refractivity contribution in [1.29, 1.82) is 0 Å².